The molecular weight excluding hydrogens is 288 g/mol. The van der Waals surface area contributed by atoms with E-state index in [4.69, 9.17) is 9.84 Å². The molecule has 0 spiro atoms. The van der Waals surface area contributed by atoms with Crippen LogP contribution < -0.4 is 0 Å². The zero-order valence-electron chi connectivity index (χ0n) is 15.3. The molecule has 23 heavy (non-hydrogen) atoms. The predicted octanol–water partition coefficient (Wildman–Crippen LogP) is 4.51. The van der Waals surface area contributed by atoms with Crippen LogP contribution in [0.5, 0.6) is 0 Å². The number of ketones is 1. The molecule has 1 saturated heterocycles. The molecule has 0 amide bonds. The minimum atomic E-state index is -0.118. The van der Waals surface area contributed by atoms with Crippen LogP contribution in [-0.4, -0.2) is 29.2 Å². The Kier molecular flexibility index (Phi) is 7.93. The molecule has 3 heteroatoms. The third-order valence-corrected chi connectivity index (χ3v) is 4.27. The topological polar surface area (TPSA) is 49.8 Å². The van der Waals surface area contributed by atoms with E-state index in [9.17, 15) is 4.79 Å². The first-order chi connectivity index (χ1) is 10.8. The number of epoxide rings is 1. The van der Waals surface area contributed by atoms with E-state index >= 15 is 0 Å². The highest BCUT2D eigenvalue weighted by Gasteiger charge is 2.50. The number of aliphatic hydroxyl groups is 1. The van der Waals surface area contributed by atoms with E-state index in [1.54, 1.807) is 6.08 Å². The van der Waals surface area contributed by atoms with Gasteiger partial charge in [-0.3, -0.25) is 4.79 Å². The summed E-state index contributed by atoms with van der Waals surface area (Å²) in [7, 11) is 0. The predicted molar refractivity (Wildman–Crippen MR) is 95.4 cm³/mol. The van der Waals surface area contributed by atoms with Gasteiger partial charge in [0.2, 0.25) is 0 Å². The molecule has 0 radical (unpaired) electrons. The summed E-state index contributed by atoms with van der Waals surface area (Å²) >= 11 is 0. The highest BCUT2D eigenvalue weighted by atomic mass is 16.6. The standard InChI is InChI=1S/C20H32O3/c1-15(2)12-18(22)13-17(4)9-6-8-16(3)10-7-11-20(5)19(14-21)23-20/h9-10,12,19,21H,6-8,11,13-14H2,1-5H3. The molecule has 0 aromatic rings. The average molecular weight is 320 g/mol. The zero-order valence-corrected chi connectivity index (χ0v) is 15.3. The van der Waals surface area contributed by atoms with Gasteiger partial charge in [-0.15, -0.1) is 0 Å². The smallest absolute Gasteiger partial charge is 0.159 e. The van der Waals surface area contributed by atoms with Crippen LogP contribution in [0.3, 0.4) is 0 Å². The van der Waals surface area contributed by atoms with Crippen molar-refractivity contribution in [1.29, 1.82) is 0 Å². The Bertz CT molecular complexity index is 495. The highest BCUT2D eigenvalue weighted by Crippen LogP contribution is 2.39. The van der Waals surface area contributed by atoms with Crippen LogP contribution in [0, 0.1) is 0 Å². The molecule has 1 rings (SSSR count). The highest BCUT2D eigenvalue weighted by molar-refractivity contribution is 5.91. The number of hydrogen-bond acceptors (Lipinski definition) is 3. The van der Waals surface area contributed by atoms with Crippen molar-refractivity contribution in [2.45, 2.75) is 78.4 Å². The summed E-state index contributed by atoms with van der Waals surface area (Å²) in [5.41, 5.74) is 3.45. The van der Waals surface area contributed by atoms with E-state index < -0.39 is 0 Å². The second kappa shape index (κ2) is 9.19. The molecule has 0 bridgehead atoms. The SMILES string of the molecule is CC(C)=CC(=O)CC(C)=CCCC(C)=CCCC1(C)OC1CO. The van der Waals surface area contributed by atoms with Crippen molar-refractivity contribution in [3.63, 3.8) is 0 Å². The average Bonchev–Trinajstić information content (AvgIpc) is 3.08. The number of rotatable bonds is 10. The lowest BCUT2D eigenvalue weighted by Gasteiger charge is -2.04. The molecule has 1 aliphatic heterocycles. The van der Waals surface area contributed by atoms with Gasteiger partial charge in [0.05, 0.1) is 12.2 Å². The van der Waals surface area contributed by atoms with Crippen molar-refractivity contribution in [3.8, 4) is 0 Å². The summed E-state index contributed by atoms with van der Waals surface area (Å²) in [5.74, 6) is 0.183. The quantitative estimate of drug-likeness (QED) is 0.366. The molecular formula is C20H32O3. The van der Waals surface area contributed by atoms with Gasteiger partial charge in [-0.05, 0) is 66.4 Å². The Hall–Kier alpha value is -1.19. The zero-order chi connectivity index (χ0) is 17.5. The number of carbonyl (C=O) groups excluding carboxylic acids is 1. The summed E-state index contributed by atoms with van der Waals surface area (Å²) in [5, 5.41) is 9.05. The van der Waals surface area contributed by atoms with Gasteiger partial charge < -0.3 is 9.84 Å². The van der Waals surface area contributed by atoms with Gasteiger partial charge >= 0.3 is 0 Å². The maximum atomic E-state index is 11.7. The van der Waals surface area contributed by atoms with Gasteiger partial charge in [-0.2, -0.15) is 0 Å². The minimum Gasteiger partial charge on any atom is -0.394 e. The van der Waals surface area contributed by atoms with Crippen molar-refractivity contribution < 1.29 is 14.6 Å². The Labute approximate surface area is 141 Å². The normalized spacial score (nSPS) is 24.5. The molecule has 1 N–H and O–H groups in total. The van der Waals surface area contributed by atoms with Crippen LogP contribution in [0.2, 0.25) is 0 Å². The maximum absolute atomic E-state index is 11.7. The molecule has 2 atom stereocenters. The third-order valence-electron chi connectivity index (χ3n) is 4.27. The summed E-state index contributed by atoms with van der Waals surface area (Å²) in [6.45, 7) is 10.2. The van der Waals surface area contributed by atoms with E-state index in [0.717, 1.165) is 36.8 Å². The Morgan fingerprint density at radius 1 is 1.13 bits per heavy atom. The summed E-state index contributed by atoms with van der Waals surface area (Å²) in [4.78, 5) is 11.7. The Morgan fingerprint density at radius 3 is 2.35 bits per heavy atom. The lowest BCUT2D eigenvalue weighted by Crippen LogP contribution is -2.11. The van der Waals surface area contributed by atoms with E-state index in [-0.39, 0.29) is 24.1 Å². The van der Waals surface area contributed by atoms with Crippen LogP contribution in [0.4, 0.5) is 0 Å². The molecule has 0 aromatic heterocycles. The molecule has 130 valence electrons. The van der Waals surface area contributed by atoms with E-state index in [1.807, 2.05) is 20.8 Å². The minimum absolute atomic E-state index is 0.0279. The first-order valence-electron chi connectivity index (χ1n) is 8.54. The molecule has 0 aromatic carbocycles. The van der Waals surface area contributed by atoms with Gasteiger partial charge in [-0.25, -0.2) is 0 Å². The van der Waals surface area contributed by atoms with Gasteiger partial charge in [0.25, 0.3) is 0 Å². The van der Waals surface area contributed by atoms with Crippen LogP contribution in [0.25, 0.3) is 0 Å². The molecule has 3 nitrogen and oxygen atoms in total. The number of ether oxygens (including phenoxy) is 1. The van der Waals surface area contributed by atoms with Gasteiger partial charge in [-0.1, -0.05) is 28.9 Å². The molecule has 1 heterocycles. The van der Waals surface area contributed by atoms with Gasteiger partial charge in [0.15, 0.2) is 5.78 Å². The van der Waals surface area contributed by atoms with Crippen molar-refractivity contribution in [2.75, 3.05) is 6.61 Å². The fraction of sp³-hybridized carbons (Fsp3) is 0.650. The van der Waals surface area contributed by atoms with E-state index in [0.29, 0.717) is 6.42 Å². The molecule has 2 unspecified atom stereocenters. The van der Waals surface area contributed by atoms with Crippen molar-refractivity contribution in [2.24, 2.45) is 0 Å². The van der Waals surface area contributed by atoms with Crippen LogP contribution in [-0.2, 0) is 9.53 Å². The van der Waals surface area contributed by atoms with E-state index in [1.165, 1.54) is 5.57 Å². The first-order valence-corrected chi connectivity index (χ1v) is 8.54. The van der Waals surface area contributed by atoms with Crippen molar-refractivity contribution in [1.82, 2.24) is 0 Å². The van der Waals surface area contributed by atoms with Crippen molar-refractivity contribution >= 4 is 5.78 Å². The number of carbonyl (C=O) groups is 1. The fourth-order valence-electron chi connectivity index (χ4n) is 2.71. The fourth-order valence-corrected chi connectivity index (χ4v) is 2.71. The monoisotopic (exact) mass is 320 g/mol. The Balaban J connectivity index is 2.25. The number of allylic oxidation sites excluding steroid dienone is 6. The lowest BCUT2D eigenvalue weighted by atomic mass is 10.00. The molecule has 1 fully saturated rings. The largest absolute Gasteiger partial charge is 0.394 e. The van der Waals surface area contributed by atoms with E-state index in [2.05, 4.69) is 26.0 Å². The maximum Gasteiger partial charge on any atom is 0.159 e. The lowest BCUT2D eigenvalue weighted by molar-refractivity contribution is -0.114. The van der Waals surface area contributed by atoms with Gasteiger partial charge in [0.1, 0.15) is 6.10 Å². The summed E-state index contributed by atoms with van der Waals surface area (Å²) in [6.07, 6.45) is 10.6. The number of aliphatic hydroxyl groups excluding tert-OH is 1. The first kappa shape index (κ1) is 19.9. The van der Waals surface area contributed by atoms with Gasteiger partial charge in [0, 0.05) is 6.42 Å². The summed E-state index contributed by atoms with van der Waals surface area (Å²) < 4.78 is 5.49. The van der Waals surface area contributed by atoms with Crippen LogP contribution >= 0.6 is 0 Å². The van der Waals surface area contributed by atoms with Crippen LogP contribution in [0.1, 0.15) is 66.7 Å². The summed E-state index contributed by atoms with van der Waals surface area (Å²) in [6, 6.07) is 0. The number of hydrogen-bond donors (Lipinski definition) is 1. The molecule has 0 saturated carbocycles. The second-order valence-electron chi connectivity index (χ2n) is 7.14. The Morgan fingerprint density at radius 2 is 1.78 bits per heavy atom. The van der Waals surface area contributed by atoms with Crippen LogP contribution in [0.15, 0.2) is 34.9 Å². The molecule has 1 aliphatic rings. The molecule has 0 aliphatic carbocycles. The second-order valence-corrected chi connectivity index (χ2v) is 7.14. The third kappa shape index (κ3) is 7.76. The van der Waals surface area contributed by atoms with Crippen molar-refractivity contribution in [3.05, 3.63) is 34.9 Å².